The predicted molar refractivity (Wildman–Crippen MR) is 115 cm³/mol. The Morgan fingerprint density at radius 1 is 1.14 bits per heavy atom. The minimum absolute atomic E-state index is 0.0740. The highest BCUT2D eigenvalue weighted by atomic mass is 19.1. The summed E-state index contributed by atoms with van der Waals surface area (Å²) in [6.07, 6.45) is 2.01. The minimum atomic E-state index is -0.505. The molecule has 2 saturated heterocycles. The standard InChI is InChI=1S/C21H34F2N6/c1-3-24-21(25-9-13-28-11-5-10-27(2)14-15-28)26-17-8-12-29(16-17)20-18(22)6-4-7-19(20)23/h4,6-7,17H,3,5,8-16H2,1-2H3,(H2,24,25,26). The zero-order valence-corrected chi connectivity index (χ0v) is 17.6. The van der Waals surface area contributed by atoms with E-state index in [2.05, 4.69) is 27.5 Å². The molecule has 6 nitrogen and oxygen atoms in total. The molecule has 1 aromatic rings. The maximum absolute atomic E-state index is 14.1. The molecule has 0 aliphatic carbocycles. The second-order valence-corrected chi connectivity index (χ2v) is 7.91. The largest absolute Gasteiger partial charge is 0.365 e. The average molecular weight is 409 g/mol. The van der Waals surface area contributed by atoms with E-state index in [1.807, 2.05) is 6.92 Å². The molecule has 2 aliphatic rings. The third kappa shape index (κ3) is 6.27. The number of guanidine groups is 1. The van der Waals surface area contributed by atoms with Crippen molar-refractivity contribution in [2.75, 3.05) is 70.9 Å². The molecule has 2 aliphatic heterocycles. The van der Waals surface area contributed by atoms with Gasteiger partial charge in [0.1, 0.15) is 17.3 Å². The van der Waals surface area contributed by atoms with Crippen molar-refractivity contribution in [3.8, 4) is 0 Å². The summed E-state index contributed by atoms with van der Waals surface area (Å²) in [6, 6.07) is 4.13. The van der Waals surface area contributed by atoms with E-state index >= 15 is 0 Å². The molecule has 0 amide bonds. The highest BCUT2D eigenvalue weighted by molar-refractivity contribution is 5.80. The Morgan fingerprint density at radius 3 is 2.69 bits per heavy atom. The number of para-hydroxylation sites is 1. The Kier molecular flexibility index (Phi) is 8.06. The summed E-state index contributed by atoms with van der Waals surface area (Å²) in [5, 5.41) is 6.73. The van der Waals surface area contributed by atoms with Crippen LogP contribution in [-0.2, 0) is 0 Å². The molecule has 0 aromatic heterocycles. The molecular formula is C21H34F2N6. The number of aliphatic imine (C=N–C) groups is 1. The fourth-order valence-electron chi connectivity index (χ4n) is 4.01. The van der Waals surface area contributed by atoms with E-state index in [4.69, 9.17) is 4.99 Å². The van der Waals surface area contributed by atoms with Crippen LogP contribution < -0.4 is 15.5 Å². The summed E-state index contributed by atoms with van der Waals surface area (Å²) < 4.78 is 28.1. The number of halogens is 2. The predicted octanol–water partition coefficient (Wildman–Crippen LogP) is 1.74. The maximum atomic E-state index is 14.1. The molecule has 2 heterocycles. The minimum Gasteiger partial charge on any atom is -0.365 e. The first-order chi connectivity index (χ1) is 14.1. The lowest BCUT2D eigenvalue weighted by Crippen LogP contribution is -2.45. The number of hydrogen-bond acceptors (Lipinski definition) is 4. The molecule has 8 heteroatoms. The van der Waals surface area contributed by atoms with Crippen molar-refractivity contribution in [2.45, 2.75) is 25.8 Å². The number of hydrogen-bond donors (Lipinski definition) is 2. The fourth-order valence-corrected chi connectivity index (χ4v) is 4.01. The average Bonchev–Trinajstić information content (AvgIpc) is 3.03. The summed E-state index contributed by atoms with van der Waals surface area (Å²) in [7, 11) is 2.17. The number of nitrogens with one attached hydrogen (secondary N) is 2. The monoisotopic (exact) mass is 408 g/mol. The number of benzene rings is 1. The van der Waals surface area contributed by atoms with Gasteiger partial charge in [-0.15, -0.1) is 0 Å². The molecule has 1 aromatic carbocycles. The van der Waals surface area contributed by atoms with E-state index < -0.39 is 11.6 Å². The molecule has 1 unspecified atom stereocenters. The van der Waals surface area contributed by atoms with Crippen molar-refractivity contribution < 1.29 is 8.78 Å². The van der Waals surface area contributed by atoms with Gasteiger partial charge >= 0.3 is 0 Å². The molecule has 1 atom stereocenters. The van der Waals surface area contributed by atoms with Crippen LogP contribution in [0.4, 0.5) is 14.5 Å². The summed E-state index contributed by atoms with van der Waals surface area (Å²) in [4.78, 5) is 11.3. The van der Waals surface area contributed by atoms with Gasteiger partial charge in [0, 0.05) is 45.3 Å². The van der Waals surface area contributed by atoms with Gasteiger partial charge in [-0.1, -0.05) is 6.07 Å². The third-order valence-corrected chi connectivity index (χ3v) is 5.63. The van der Waals surface area contributed by atoms with Crippen LogP contribution >= 0.6 is 0 Å². The van der Waals surface area contributed by atoms with Crippen molar-refractivity contribution >= 4 is 11.6 Å². The van der Waals surface area contributed by atoms with Gasteiger partial charge in [0.25, 0.3) is 0 Å². The lowest BCUT2D eigenvalue weighted by Gasteiger charge is -2.22. The van der Waals surface area contributed by atoms with Gasteiger partial charge in [0.2, 0.25) is 0 Å². The molecular weight excluding hydrogens is 374 g/mol. The first-order valence-corrected chi connectivity index (χ1v) is 10.7. The molecule has 162 valence electrons. The molecule has 2 N–H and O–H groups in total. The van der Waals surface area contributed by atoms with E-state index in [0.29, 0.717) is 13.1 Å². The van der Waals surface area contributed by atoms with Gasteiger partial charge in [0.15, 0.2) is 5.96 Å². The van der Waals surface area contributed by atoms with Crippen LogP contribution in [0.25, 0.3) is 0 Å². The van der Waals surface area contributed by atoms with Crippen molar-refractivity contribution in [3.63, 3.8) is 0 Å². The Hall–Kier alpha value is -1.93. The Labute approximate surface area is 172 Å². The van der Waals surface area contributed by atoms with Crippen LogP contribution in [0.15, 0.2) is 23.2 Å². The molecule has 0 saturated carbocycles. The zero-order chi connectivity index (χ0) is 20.6. The second kappa shape index (κ2) is 10.7. The lowest BCUT2D eigenvalue weighted by atomic mass is 10.2. The Balaban J connectivity index is 1.51. The number of anilines is 1. The van der Waals surface area contributed by atoms with Gasteiger partial charge < -0.3 is 25.3 Å². The molecule has 3 rings (SSSR count). The molecule has 2 fully saturated rings. The van der Waals surface area contributed by atoms with Gasteiger partial charge in [-0.05, 0) is 52.0 Å². The van der Waals surface area contributed by atoms with E-state index in [1.165, 1.54) is 24.6 Å². The summed E-state index contributed by atoms with van der Waals surface area (Å²) in [5.74, 6) is -0.232. The van der Waals surface area contributed by atoms with Gasteiger partial charge in [-0.3, -0.25) is 4.99 Å². The number of likely N-dealkylation sites (N-methyl/N-ethyl adjacent to an activating group) is 1. The van der Waals surface area contributed by atoms with Crippen LogP contribution in [-0.4, -0.2) is 87.8 Å². The normalized spacial score (nSPS) is 22.0. The quantitative estimate of drug-likeness (QED) is 0.555. The fraction of sp³-hybridized carbons (Fsp3) is 0.667. The SMILES string of the molecule is CCNC(=NCCN1CCCN(C)CC1)NC1CCN(c2c(F)cccc2F)C1. The van der Waals surface area contributed by atoms with Gasteiger partial charge in [0.05, 0.1) is 6.54 Å². The smallest absolute Gasteiger partial charge is 0.191 e. The highest BCUT2D eigenvalue weighted by Crippen LogP contribution is 2.26. The van der Waals surface area contributed by atoms with Crippen molar-refractivity contribution in [1.29, 1.82) is 0 Å². The van der Waals surface area contributed by atoms with Crippen LogP contribution in [0.3, 0.4) is 0 Å². The van der Waals surface area contributed by atoms with Crippen LogP contribution in [0.1, 0.15) is 19.8 Å². The van der Waals surface area contributed by atoms with Crippen LogP contribution in [0.2, 0.25) is 0 Å². The molecule has 0 bridgehead atoms. The first-order valence-electron chi connectivity index (χ1n) is 10.7. The van der Waals surface area contributed by atoms with Crippen molar-refractivity contribution in [1.82, 2.24) is 20.4 Å². The molecule has 29 heavy (non-hydrogen) atoms. The Bertz CT molecular complexity index is 663. The van der Waals surface area contributed by atoms with E-state index in [1.54, 1.807) is 4.90 Å². The zero-order valence-electron chi connectivity index (χ0n) is 17.6. The summed E-state index contributed by atoms with van der Waals surface area (Å²) >= 11 is 0. The molecule has 0 radical (unpaired) electrons. The van der Waals surface area contributed by atoms with Crippen molar-refractivity contribution in [3.05, 3.63) is 29.8 Å². The highest BCUT2D eigenvalue weighted by Gasteiger charge is 2.27. The summed E-state index contributed by atoms with van der Waals surface area (Å²) in [6.45, 7) is 10.1. The summed E-state index contributed by atoms with van der Waals surface area (Å²) in [5.41, 5.74) is 0.0740. The Morgan fingerprint density at radius 2 is 1.93 bits per heavy atom. The number of rotatable bonds is 6. The first kappa shape index (κ1) is 21.8. The van der Waals surface area contributed by atoms with Gasteiger partial charge in [-0.2, -0.15) is 0 Å². The van der Waals surface area contributed by atoms with E-state index in [9.17, 15) is 8.78 Å². The third-order valence-electron chi connectivity index (χ3n) is 5.63. The van der Waals surface area contributed by atoms with Crippen LogP contribution in [0.5, 0.6) is 0 Å². The van der Waals surface area contributed by atoms with Crippen molar-refractivity contribution in [2.24, 2.45) is 4.99 Å². The van der Waals surface area contributed by atoms with E-state index in [-0.39, 0.29) is 11.7 Å². The van der Waals surface area contributed by atoms with Gasteiger partial charge in [-0.25, -0.2) is 8.78 Å². The topological polar surface area (TPSA) is 46.1 Å². The molecule has 0 spiro atoms. The maximum Gasteiger partial charge on any atom is 0.191 e. The number of nitrogens with zero attached hydrogens (tertiary/aromatic N) is 4. The van der Waals surface area contributed by atoms with Crippen LogP contribution in [0, 0.1) is 11.6 Å². The van der Waals surface area contributed by atoms with E-state index in [0.717, 1.165) is 58.2 Å². The second-order valence-electron chi connectivity index (χ2n) is 7.91. The lowest BCUT2D eigenvalue weighted by molar-refractivity contribution is 0.283.